The van der Waals surface area contributed by atoms with Crippen molar-refractivity contribution >= 4 is 0 Å². The molecule has 0 rings (SSSR count). The van der Waals surface area contributed by atoms with E-state index in [1.165, 1.54) is 12.0 Å². The summed E-state index contributed by atoms with van der Waals surface area (Å²) < 4.78 is 0. The minimum Gasteiger partial charge on any atom is -0.0830 e. The zero-order chi connectivity index (χ0) is 9.07. The fourth-order valence-corrected chi connectivity index (χ4v) is 1.46. The highest BCUT2D eigenvalue weighted by Crippen LogP contribution is 2.24. The summed E-state index contributed by atoms with van der Waals surface area (Å²) in [6.45, 7) is 13.5. The first-order valence-electron chi connectivity index (χ1n) is 4.48. The smallest absolute Gasteiger partial charge is 0.0274 e. The van der Waals surface area contributed by atoms with Crippen LogP contribution in [0.1, 0.15) is 48.0 Å². The first-order chi connectivity index (χ1) is 4.81. The molecule has 0 aliphatic rings. The van der Waals surface area contributed by atoms with Crippen LogP contribution in [0.3, 0.4) is 0 Å². The maximum Gasteiger partial charge on any atom is -0.0274 e. The molecule has 0 aromatic heterocycles. The highest BCUT2D eigenvalue weighted by Gasteiger charge is 2.10. The second-order valence-electron chi connectivity index (χ2n) is 4.99. The normalized spacial score (nSPS) is 14.3. The van der Waals surface area contributed by atoms with E-state index in [4.69, 9.17) is 0 Å². The summed E-state index contributed by atoms with van der Waals surface area (Å²) in [5, 5.41) is 0. The lowest BCUT2D eigenvalue weighted by Gasteiger charge is -2.18. The van der Waals surface area contributed by atoms with Crippen LogP contribution in [-0.2, 0) is 0 Å². The summed E-state index contributed by atoms with van der Waals surface area (Å²) in [4.78, 5) is 0. The lowest BCUT2D eigenvalue weighted by Crippen LogP contribution is -2.05. The molecule has 0 bridgehead atoms. The van der Waals surface area contributed by atoms with Crippen molar-refractivity contribution in [2.75, 3.05) is 0 Å². The highest BCUT2D eigenvalue weighted by molar-refractivity contribution is 5.01. The third-order valence-corrected chi connectivity index (χ3v) is 1.43. The van der Waals surface area contributed by atoms with E-state index < -0.39 is 0 Å². The van der Waals surface area contributed by atoms with Crippen molar-refractivity contribution in [2.24, 2.45) is 11.3 Å². The van der Waals surface area contributed by atoms with Crippen molar-refractivity contribution in [3.8, 4) is 0 Å². The van der Waals surface area contributed by atoms with Crippen LogP contribution in [0.25, 0.3) is 0 Å². The molecule has 0 aromatic rings. The largest absolute Gasteiger partial charge is 0.0830 e. The first kappa shape index (κ1) is 10.7. The molecule has 0 aliphatic carbocycles. The Labute approximate surface area is 71.7 Å². The standard InChI is InChI=1S/C11H22/c1-9(2)7-10(3)8-11(4,5)6/h7,9H,8H2,1-6H3/b10-7+. The molecule has 0 saturated heterocycles. The van der Waals surface area contributed by atoms with E-state index in [1.807, 2.05) is 0 Å². The second kappa shape index (κ2) is 3.94. The Hall–Kier alpha value is -0.260. The lowest BCUT2D eigenvalue weighted by molar-refractivity contribution is 0.408. The van der Waals surface area contributed by atoms with Crippen LogP contribution in [0.5, 0.6) is 0 Å². The third kappa shape index (κ3) is 7.64. The van der Waals surface area contributed by atoms with Crippen molar-refractivity contribution in [3.05, 3.63) is 11.6 Å². The van der Waals surface area contributed by atoms with E-state index in [9.17, 15) is 0 Å². The molecule has 0 N–H and O–H groups in total. The number of hydrogen-bond donors (Lipinski definition) is 0. The Morgan fingerprint density at radius 3 is 2.00 bits per heavy atom. The molecule has 0 unspecified atom stereocenters. The SMILES string of the molecule is C/C(=C\C(C)C)CC(C)(C)C. The van der Waals surface area contributed by atoms with Gasteiger partial charge in [0.2, 0.25) is 0 Å². The minimum atomic E-state index is 0.440. The summed E-state index contributed by atoms with van der Waals surface area (Å²) in [5.74, 6) is 0.692. The van der Waals surface area contributed by atoms with Gasteiger partial charge in [0.1, 0.15) is 0 Å². The van der Waals surface area contributed by atoms with Gasteiger partial charge < -0.3 is 0 Å². The fourth-order valence-electron chi connectivity index (χ4n) is 1.46. The van der Waals surface area contributed by atoms with E-state index in [0.29, 0.717) is 11.3 Å². The summed E-state index contributed by atoms with van der Waals surface area (Å²) in [7, 11) is 0. The quantitative estimate of drug-likeness (QED) is 0.527. The molecule has 0 saturated carbocycles. The Kier molecular flexibility index (Phi) is 3.85. The first-order valence-corrected chi connectivity index (χ1v) is 4.48. The molecule has 0 amide bonds. The molecular weight excluding hydrogens is 132 g/mol. The van der Waals surface area contributed by atoms with Crippen LogP contribution in [0.4, 0.5) is 0 Å². The van der Waals surface area contributed by atoms with Gasteiger partial charge in [0.25, 0.3) is 0 Å². The van der Waals surface area contributed by atoms with Gasteiger partial charge in [-0.25, -0.2) is 0 Å². The van der Waals surface area contributed by atoms with Crippen LogP contribution in [0.2, 0.25) is 0 Å². The molecule has 0 heterocycles. The Balaban J connectivity index is 3.97. The number of rotatable bonds is 2. The number of allylic oxidation sites excluding steroid dienone is 2. The maximum absolute atomic E-state index is 2.35. The van der Waals surface area contributed by atoms with E-state index >= 15 is 0 Å². The van der Waals surface area contributed by atoms with Crippen LogP contribution >= 0.6 is 0 Å². The predicted octanol–water partition coefficient (Wildman–Crippen LogP) is 4.02. The van der Waals surface area contributed by atoms with Gasteiger partial charge in [0.15, 0.2) is 0 Å². The van der Waals surface area contributed by atoms with Gasteiger partial charge in [-0.15, -0.1) is 0 Å². The van der Waals surface area contributed by atoms with Crippen molar-refractivity contribution in [1.82, 2.24) is 0 Å². The third-order valence-electron chi connectivity index (χ3n) is 1.43. The van der Waals surface area contributed by atoms with E-state index in [2.05, 4.69) is 47.6 Å². The van der Waals surface area contributed by atoms with E-state index in [-0.39, 0.29) is 0 Å². The molecule has 0 atom stereocenters. The molecule has 0 aliphatic heterocycles. The lowest BCUT2D eigenvalue weighted by atomic mass is 9.87. The van der Waals surface area contributed by atoms with E-state index in [0.717, 1.165) is 0 Å². The summed E-state index contributed by atoms with van der Waals surface area (Å²) in [6.07, 6.45) is 3.57. The predicted molar refractivity (Wildman–Crippen MR) is 52.7 cm³/mol. The average Bonchev–Trinajstić information content (AvgIpc) is 1.53. The van der Waals surface area contributed by atoms with Crippen LogP contribution in [0, 0.1) is 11.3 Å². The van der Waals surface area contributed by atoms with Crippen molar-refractivity contribution in [3.63, 3.8) is 0 Å². The zero-order valence-electron chi connectivity index (χ0n) is 8.86. The molecular formula is C11H22. The topological polar surface area (TPSA) is 0 Å². The van der Waals surface area contributed by atoms with Crippen molar-refractivity contribution in [1.29, 1.82) is 0 Å². The minimum absolute atomic E-state index is 0.440. The highest BCUT2D eigenvalue weighted by atomic mass is 14.2. The van der Waals surface area contributed by atoms with Crippen molar-refractivity contribution in [2.45, 2.75) is 48.0 Å². The van der Waals surface area contributed by atoms with Crippen LogP contribution in [0.15, 0.2) is 11.6 Å². The molecule has 0 fully saturated rings. The van der Waals surface area contributed by atoms with E-state index in [1.54, 1.807) is 0 Å². The van der Waals surface area contributed by atoms with Crippen LogP contribution < -0.4 is 0 Å². The summed E-state index contributed by atoms with van der Waals surface area (Å²) in [5.41, 5.74) is 1.96. The molecule has 0 heteroatoms. The molecule has 11 heavy (non-hydrogen) atoms. The molecule has 0 spiro atoms. The van der Waals surface area contributed by atoms with Gasteiger partial charge >= 0.3 is 0 Å². The molecule has 0 nitrogen and oxygen atoms in total. The van der Waals surface area contributed by atoms with Gasteiger partial charge in [-0.1, -0.05) is 46.3 Å². The summed E-state index contributed by atoms with van der Waals surface area (Å²) >= 11 is 0. The maximum atomic E-state index is 2.35. The molecule has 0 aromatic carbocycles. The summed E-state index contributed by atoms with van der Waals surface area (Å²) in [6, 6.07) is 0. The average molecular weight is 154 g/mol. The Morgan fingerprint density at radius 2 is 1.73 bits per heavy atom. The van der Waals surface area contributed by atoms with Gasteiger partial charge in [0, 0.05) is 0 Å². The van der Waals surface area contributed by atoms with Crippen molar-refractivity contribution < 1.29 is 0 Å². The molecule has 0 radical (unpaired) electrons. The number of hydrogen-bond acceptors (Lipinski definition) is 0. The van der Waals surface area contributed by atoms with Gasteiger partial charge in [-0.05, 0) is 24.7 Å². The second-order valence-corrected chi connectivity index (χ2v) is 4.99. The van der Waals surface area contributed by atoms with Crippen LogP contribution in [-0.4, -0.2) is 0 Å². The van der Waals surface area contributed by atoms with Gasteiger partial charge in [-0.3, -0.25) is 0 Å². The van der Waals surface area contributed by atoms with Gasteiger partial charge in [0.05, 0.1) is 0 Å². The monoisotopic (exact) mass is 154 g/mol. The van der Waals surface area contributed by atoms with Gasteiger partial charge in [-0.2, -0.15) is 0 Å². The zero-order valence-corrected chi connectivity index (χ0v) is 8.86. The Bertz CT molecular complexity index is 133. The molecule has 66 valence electrons. The fraction of sp³-hybridized carbons (Fsp3) is 0.818. The Morgan fingerprint density at radius 1 is 1.27 bits per heavy atom.